The Hall–Kier alpha value is -1.84. The molecule has 98 valence electrons. The van der Waals surface area contributed by atoms with Crippen molar-refractivity contribution >= 4 is 11.9 Å². The summed E-state index contributed by atoms with van der Waals surface area (Å²) in [6.07, 6.45) is 0. The minimum Gasteiger partial charge on any atom is -0.462 e. The lowest BCUT2D eigenvalue weighted by atomic mass is 9.82. The lowest BCUT2D eigenvalue weighted by Crippen LogP contribution is -2.40. The summed E-state index contributed by atoms with van der Waals surface area (Å²) in [5.41, 5.74) is 2.07. The van der Waals surface area contributed by atoms with E-state index in [1.807, 2.05) is 45.0 Å². The molecular formula is C14H19NO3. The number of esters is 1. The van der Waals surface area contributed by atoms with Crippen LogP contribution in [0.1, 0.15) is 25.0 Å². The monoisotopic (exact) mass is 249 g/mol. The molecule has 0 aliphatic heterocycles. The van der Waals surface area contributed by atoms with Crippen molar-refractivity contribution in [2.45, 2.75) is 26.2 Å². The molecule has 4 nitrogen and oxygen atoms in total. The van der Waals surface area contributed by atoms with Gasteiger partial charge in [0.2, 0.25) is 0 Å². The summed E-state index contributed by atoms with van der Waals surface area (Å²) in [4.78, 5) is 22.3. The van der Waals surface area contributed by atoms with Crippen LogP contribution in [0.4, 0.5) is 0 Å². The number of methoxy groups -OCH3 is 1. The van der Waals surface area contributed by atoms with Crippen LogP contribution in [0.25, 0.3) is 0 Å². The molecule has 0 saturated heterocycles. The summed E-state index contributed by atoms with van der Waals surface area (Å²) in [6.45, 7) is 6.45. The Labute approximate surface area is 107 Å². The van der Waals surface area contributed by atoms with Crippen molar-refractivity contribution in [2.75, 3.05) is 13.7 Å². The van der Waals surface area contributed by atoms with Gasteiger partial charge in [0.1, 0.15) is 0 Å². The predicted molar refractivity (Wildman–Crippen MR) is 69.2 cm³/mol. The molecule has 1 amide bonds. The lowest BCUT2D eigenvalue weighted by Gasteiger charge is -2.27. The highest BCUT2D eigenvalue weighted by Crippen LogP contribution is 2.25. The van der Waals surface area contributed by atoms with E-state index in [4.69, 9.17) is 0 Å². The van der Waals surface area contributed by atoms with Crippen LogP contribution in [0.5, 0.6) is 0 Å². The topological polar surface area (TPSA) is 55.4 Å². The molecule has 0 unspecified atom stereocenters. The Kier molecular flexibility index (Phi) is 4.48. The van der Waals surface area contributed by atoms with Crippen LogP contribution in [0, 0.1) is 6.92 Å². The first-order valence-corrected chi connectivity index (χ1v) is 5.81. The van der Waals surface area contributed by atoms with Crippen molar-refractivity contribution in [2.24, 2.45) is 0 Å². The van der Waals surface area contributed by atoms with E-state index >= 15 is 0 Å². The average Bonchev–Trinajstić information content (AvgIpc) is 2.35. The van der Waals surface area contributed by atoms with Crippen molar-refractivity contribution in [3.8, 4) is 0 Å². The summed E-state index contributed by atoms with van der Waals surface area (Å²) in [5, 5.41) is 2.59. The molecule has 0 aliphatic carbocycles. The zero-order valence-electron chi connectivity index (χ0n) is 11.2. The van der Waals surface area contributed by atoms with Crippen molar-refractivity contribution in [1.29, 1.82) is 0 Å². The van der Waals surface area contributed by atoms with Crippen molar-refractivity contribution in [1.82, 2.24) is 5.32 Å². The van der Waals surface area contributed by atoms with Crippen molar-refractivity contribution in [3.05, 3.63) is 35.4 Å². The standard InChI is InChI=1S/C14H19NO3/c1-10-7-5-6-8-11(10)14(2,3)9-15-12(16)13(17)18-4/h5-8H,9H2,1-4H3,(H,15,16). The Morgan fingerprint density at radius 2 is 1.89 bits per heavy atom. The molecule has 0 spiro atoms. The third-order valence-corrected chi connectivity index (χ3v) is 2.94. The molecule has 18 heavy (non-hydrogen) atoms. The fourth-order valence-corrected chi connectivity index (χ4v) is 1.89. The number of hydrogen-bond acceptors (Lipinski definition) is 3. The van der Waals surface area contributed by atoms with Gasteiger partial charge in [0.05, 0.1) is 7.11 Å². The first kappa shape index (κ1) is 14.2. The SMILES string of the molecule is COC(=O)C(=O)NCC(C)(C)c1ccccc1C. The fourth-order valence-electron chi connectivity index (χ4n) is 1.89. The quantitative estimate of drug-likeness (QED) is 0.653. The summed E-state index contributed by atoms with van der Waals surface area (Å²) in [5.74, 6) is -1.57. The van der Waals surface area contributed by atoms with Crippen molar-refractivity contribution < 1.29 is 14.3 Å². The van der Waals surface area contributed by atoms with E-state index < -0.39 is 11.9 Å². The molecule has 0 atom stereocenters. The number of hydrogen-bond donors (Lipinski definition) is 1. The normalized spacial score (nSPS) is 10.9. The third-order valence-electron chi connectivity index (χ3n) is 2.94. The zero-order valence-corrected chi connectivity index (χ0v) is 11.2. The maximum Gasteiger partial charge on any atom is 0.396 e. The number of carbonyl (C=O) groups excluding carboxylic acids is 2. The molecule has 1 aromatic carbocycles. The second-order valence-electron chi connectivity index (χ2n) is 4.87. The molecule has 0 aromatic heterocycles. The number of nitrogens with one attached hydrogen (secondary N) is 1. The number of rotatable bonds is 3. The molecule has 1 N–H and O–H groups in total. The average molecular weight is 249 g/mol. The maximum absolute atomic E-state index is 11.4. The predicted octanol–water partition coefficient (Wildman–Crippen LogP) is 1.56. The Morgan fingerprint density at radius 3 is 2.44 bits per heavy atom. The zero-order chi connectivity index (χ0) is 13.8. The smallest absolute Gasteiger partial charge is 0.396 e. The van der Waals surface area contributed by atoms with E-state index in [1.54, 1.807) is 0 Å². The van der Waals surface area contributed by atoms with Gasteiger partial charge in [0.15, 0.2) is 0 Å². The minimum absolute atomic E-state index is 0.241. The van der Waals surface area contributed by atoms with E-state index in [9.17, 15) is 9.59 Å². The number of carbonyl (C=O) groups is 2. The van der Waals surface area contributed by atoms with Crippen molar-refractivity contribution in [3.63, 3.8) is 0 Å². The highest BCUT2D eigenvalue weighted by atomic mass is 16.5. The Bertz CT molecular complexity index is 452. The van der Waals surface area contributed by atoms with Crippen LogP contribution in [0.15, 0.2) is 24.3 Å². The lowest BCUT2D eigenvalue weighted by molar-refractivity contribution is -0.152. The van der Waals surface area contributed by atoms with E-state index in [2.05, 4.69) is 10.1 Å². The van der Waals surface area contributed by atoms with E-state index in [-0.39, 0.29) is 5.41 Å². The van der Waals surface area contributed by atoms with Gasteiger partial charge in [-0.1, -0.05) is 38.1 Å². The summed E-state index contributed by atoms with van der Waals surface area (Å²) in [6, 6.07) is 7.99. The molecule has 0 fully saturated rings. The van der Waals surface area contributed by atoms with Gasteiger partial charge in [0.25, 0.3) is 0 Å². The fraction of sp³-hybridized carbons (Fsp3) is 0.429. The van der Waals surface area contributed by atoms with Gasteiger partial charge in [-0.05, 0) is 18.1 Å². The first-order chi connectivity index (χ1) is 8.38. The van der Waals surface area contributed by atoms with Gasteiger partial charge in [-0.25, -0.2) is 4.79 Å². The van der Waals surface area contributed by atoms with Gasteiger partial charge >= 0.3 is 11.9 Å². The number of benzene rings is 1. The Morgan fingerprint density at radius 1 is 1.28 bits per heavy atom. The highest BCUT2D eigenvalue weighted by molar-refractivity contribution is 6.32. The molecular weight excluding hydrogens is 230 g/mol. The summed E-state index contributed by atoms with van der Waals surface area (Å²) >= 11 is 0. The van der Waals surface area contributed by atoms with Crippen LogP contribution in [-0.2, 0) is 19.7 Å². The van der Waals surface area contributed by atoms with Crippen LogP contribution in [0.2, 0.25) is 0 Å². The second-order valence-corrected chi connectivity index (χ2v) is 4.87. The molecule has 1 aromatic rings. The van der Waals surface area contributed by atoms with Gasteiger partial charge in [0, 0.05) is 12.0 Å². The molecule has 4 heteroatoms. The number of aryl methyl sites for hydroxylation is 1. The first-order valence-electron chi connectivity index (χ1n) is 5.81. The van der Waals surface area contributed by atoms with E-state index in [1.165, 1.54) is 7.11 Å². The molecule has 1 rings (SSSR count). The van der Waals surface area contributed by atoms with E-state index in [0.29, 0.717) is 6.54 Å². The molecule has 0 aliphatic rings. The van der Waals surface area contributed by atoms with Gasteiger partial charge in [-0.2, -0.15) is 0 Å². The third kappa shape index (κ3) is 3.32. The number of ether oxygens (including phenoxy) is 1. The number of amides is 1. The van der Waals surface area contributed by atoms with Crippen LogP contribution in [0.3, 0.4) is 0 Å². The molecule has 0 radical (unpaired) electrons. The molecule has 0 bridgehead atoms. The largest absolute Gasteiger partial charge is 0.462 e. The second kappa shape index (κ2) is 5.67. The minimum atomic E-state index is -0.865. The maximum atomic E-state index is 11.4. The molecule has 0 heterocycles. The highest BCUT2D eigenvalue weighted by Gasteiger charge is 2.24. The molecule has 0 saturated carbocycles. The van der Waals surface area contributed by atoms with Gasteiger partial charge in [-0.15, -0.1) is 0 Å². The Balaban J connectivity index is 2.74. The summed E-state index contributed by atoms with van der Waals surface area (Å²) in [7, 11) is 1.19. The van der Waals surface area contributed by atoms with E-state index in [0.717, 1.165) is 11.1 Å². The summed E-state index contributed by atoms with van der Waals surface area (Å²) < 4.78 is 4.36. The van der Waals surface area contributed by atoms with Crippen LogP contribution >= 0.6 is 0 Å². The van der Waals surface area contributed by atoms with Crippen LogP contribution in [-0.4, -0.2) is 25.5 Å². The van der Waals surface area contributed by atoms with Gasteiger partial charge in [-0.3, -0.25) is 4.79 Å². The van der Waals surface area contributed by atoms with Crippen LogP contribution < -0.4 is 5.32 Å². The van der Waals surface area contributed by atoms with Gasteiger partial charge < -0.3 is 10.1 Å².